The van der Waals surface area contributed by atoms with E-state index >= 15 is 0 Å². The Morgan fingerprint density at radius 1 is 1.02 bits per heavy atom. The van der Waals surface area contributed by atoms with Gasteiger partial charge in [-0.25, -0.2) is 9.18 Å². The molecule has 0 saturated carbocycles. The zero-order valence-corrected chi connectivity index (χ0v) is 22.6. The zero-order chi connectivity index (χ0) is 29.1. The first-order valence-electron chi connectivity index (χ1n) is 12.8. The summed E-state index contributed by atoms with van der Waals surface area (Å²) < 4.78 is 26.4. The van der Waals surface area contributed by atoms with E-state index in [-0.39, 0.29) is 47.2 Å². The number of Topliss-reactive ketones (excluding diaryl/α,β-unsaturated/α-hetero) is 1. The lowest BCUT2D eigenvalue weighted by molar-refractivity contribution is -0.116. The van der Waals surface area contributed by atoms with E-state index in [1.54, 1.807) is 18.2 Å². The van der Waals surface area contributed by atoms with Crippen molar-refractivity contribution in [3.05, 3.63) is 110 Å². The topological polar surface area (TPSA) is 109 Å². The average Bonchev–Trinajstić information content (AvgIpc) is 3.44. The molecule has 3 aromatic carbocycles. The third kappa shape index (κ3) is 5.92. The van der Waals surface area contributed by atoms with Gasteiger partial charge in [0.05, 0.1) is 15.9 Å². The van der Waals surface area contributed by atoms with Crippen molar-refractivity contribution in [1.82, 2.24) is 9.13 Å². The number of ether oxygens (including phenoxy) is 2. The van der Waals surface area contributed by atoms with Gasteiger partial charge in [-0.3, -0.25) is 23.5 Å². The van der Waals surface area contributed by atoms with Crippen LogP contribution in [0.2, 0.25) is 5.02 Å². The van der Waals surface area contributed by atoms with Gasteiger partial charge in [0.25, 0.3) is 5.56 Å². The molecule has 0 atom stereocenters. The predicted molar refractivity (Wildman–Crippen MR) is 153 cm³/mol. The number of fused-ring (bicyclic) bond motifs is 2. The number of benzene rings is 3. The molecule has 0 aliphatic carbocycles. The van der Waals surface area contributed by atoms with Gasteiger partial charge in [-0.2, -0.15) is 0 Å². The molecule has 1 amide bonds. The van der Waals surface area contributed by atoms with E-state index in [9.17, 15) is 23.6 Å². The van der Waals surface area contributed by atoms with Crippen molar-refractivity contribution < 1.29 is 23.5 Å². The highest BCUT2D eigenvalue weighted by molar-refractivity contribution is 6.31. The molecule has 4 aromatic rings. The molecule has 1 aliphatic heterocycles. The second-order valence-electron chi connectivity index (χ2n) is 9.42. The lowest BCUT2D eigenvalue weighted by Gasteiger charge is -2.15. The number of carbonyl (C=O) groups is 2. The number of rotatable bonds is 10. The quantitative estimate of drug-likeness (QED) is 0.216. The second kappa shape index (κ2) is 11.8. The Balaban J connectivity index is 1.45. The van der Waals surface area contributed by atoms with Gasteiger partial charge in [0.1, 0.15) is 12.4 Å². The maximum Gasteiger partial charge on any atom is 0.331 e. The van der Waals surface area contributed by atoms with Crippen LogP contribution in [0.4, 0.5) is 10.1 Å². The first-order valence-corrected chi connectivity index (χ1v) is 13.2. The van der Waals surface area contributed by atoms with Crippen LogP contribution in [0.15, 0.2) is 76.8 Å². The minimum Gasteiger partial charge on any atom is -0.454 e. The molecule has 1 N–H and O–H groups in total. The molecular weight excluding hydrogens is 553 g/mol. The lowest BCUT2D eigenvalue weighted by Crippen LogP contribution is -2.41. The summed E-state index contributed by atoms with van der Waals surface area (Å²) >= 11 is 5.81. The Hall–Kier alpha value is -4.70. The molecule has 11 heteroatoms. The molecule has 210 valence electrons. The van der Waals surface area contributed by atoms with Crippen LogP contribution in [-0.4, -0.2) is 27.6 Å². The number of halogens is 2. The van der Waals surface area contributed by atoms with E-state index < -0.39 is 29.5 Å². The van der Waals surface area contributed by atoms with Crippen molar-refractivity contribution in [2.24, 2.45) is 0 Å². The molecule has 0 unspecified atom stereocenters. The van der Waals surface area contributed by atoms with E-state index in [2.05, 4.69) is 11.9 Å². The van der Waals surface area contributed by atoms with E-state index in [1.165, 1.54) is 24.3 Å². The highest BCUT2D eigenvalue weighted by Crippen LogP contribution is 2.33. The van der Waals surface area contributed by atoms with Gasteiger partial charge in [-0.15, -0.1) is 6.58 Å². The Morgan fingerprint density at radius 2 is 1.83 bits per heavy atom. The van der Waals surface area contributed by atoms with Crippen LogP contribution in [0.3, 0.4) is 0 Å². The fourth-order valence-corrected chi connectivity index (χ4v) is 4.76. The maximum absolute atomic E-state index is 13.5. The number of aryl methyl sites for hydroxylation is 1. The Bertz CT molecular complexity index is 1810. The highest BCUT2D eigenvalue weighted by atomic mass is 35.5. The normalized spacial score (nSPS) is 12.0. The predicted octanol–water partition coefficient (Wildman–Crippen LogP) is 4.71. The number of aromatic nitrogens is 2. The Kier molecular flexibility index (Phi) is 8.02. The number of allylic oxidation sites excluding steroid dienone is 1. The third-order valence-corrected chi connectivity index (χ3v) is 6.98. The summed E-state index contributed by atoms with van der Waals surface area (Å²) in [5, 5.41) is 2.59. The Labute approximate surface area is 238 Å². The van der Waals surface area contributed by atoms with Gasteiger partial charge in [-0.05, 0) is 60.9 Å². The minimum atomic E-state index is -0.707. The fourth-order valence-electron chi connectivity index (χ4n) is 4.58. The van der Waals surface area contributed by atoms with Gasteiger partial charge < -0.3 is 14.8 Å². The number of amides is 1. The summed E-state index contributed by atoms with van der Waals surface area (Å²) in [6.45, 7) is 3.40. The van der Waals surface area contributed by atoms with E-state index in [1.807, 2.05) is 12.1 Å². The van der Waals surface area contributed by atoms with Crippen molar-refractivity contribution in [2.45, 2.75) is 32.4 Å². The summed E-state index contributed by atoms with van der Waals surface area (Å²) in [6.07, 6.45) is 2.54. The van der Waals surface area contributed by atoms with Crippen molar-refractivity contribution in [3.63, 3.8) is 0 Å². The van der Waals surface area contributed by atoms with Crippen LogP contribution in [-0.2, 0) is 24.3 Å². The Morgan fingerprint density at radius 3 is 2.61 bits per heavy atom. The SMILES string of the molecule is C=CCCn1c(=O)c2ccc(C(=O)CCc3ccc4c(c3)OCO4)cc2n(CC(=O)Nc2ccc(F)c(Cl)c2)c1=O. The summed E-state index contributed by atoms with van der Waals surface area (Å²) in [5.74, 6) is -0.178. The van der Waals surface area contributed by atoms with Crippen LogP contribution in [0.1, 0.15) is 28.8 Å². The largest absolute Gasteiger partial charge is 0.454 e. The molecule has 1 aromatic heterocycles. The monoisotopic (exact) mass is 577 g/mol. The van der Waals surface area contributed by atoms with Crippen LogP contribution in [0.25, 0.3) is 10.9 Å². The standard InChI is InChI=1S/C30H25ClFN3O6/c1-2-3-12-34-29(38)21-8-6-19(25(36)10-4-18-5-11-26-27(13-18)41-17-40-26)14-24(21)35(30(34)39)16-28(37)33-20-7-9-23(32)22(31)15-20/h2,5-9,11,13-15H,1,3-4,10,12,16-17H2,(H,33,37). The minimum absolute atomic E-state index is 0.0719. The molecule has 41 heavy (non-hydrogen) atoms. The number of hydrogen-bond donors (Lipinski definition) is 1. The first kappa shape index (κ1) is 27.9. The smallest absolute Gasteiger partial charge is 0.331 e. The van der Waals surface area contributed by atoms with Gasteiger partial charge in [0.15, 0.2) is 17.3 Å². The second-order valence-corrected chi connectivity index (χ2v) is 9.83. The molecule has 9 nitrogen and oxygen atoms in total. The number of anilines is 1. The number of ketones is 1. The molecule has 0 fully saturated rings. The van der Waals surface area contributed by atoms with Gasteiger partial charge in [0, 0.05) is 24.2 Å². The van der Waals surface area contributed by atoms with E-state index in [0.29, 0.717) is 29.9 Å². The van der Waals surface area contributed by atoms with Crippen LogP contribution in [0.5, 0.6) is 11.5 Å². The third-order valence-electron chi connectivity index (χ3n) is 6.69. The summed E-state index contributed by atoms with van der Waals surface area (Å²) in [5.41, 5.74) is 0.326. The maximum atomic E-state index is 13.5. The van der Waals surface area contributed by atoms with Crippen molar-refractivity contribution in [2.75, 3.05) is 12.1 Å². The van der Waals surface area contributed by atoms with Gasteiger partial charge >= 0.3 is 5.69 Å². The van der Waals surface area contributed by atoms with Gasteiger partial charge in [-0.1, -0.05) is 29.8 Å². The van der Waals surface area contributed by atoms with Crippen LogP contribution >= 0.6 is 11.6 Å². The molecule has 5 rings (SSSR count). The summed E-state index contributed by atoms with van der Waals surface area (Å²) in [6, 6.07) is 13.7. The summed E-state index contributed by atoms with van der Waals surface area (Å²) in [4.78, 5) is 52.7. The number of nitrogens with one attached hydrogen (secondary N) is 1. The number of carbonyl (C=O) groups excluding carboxylic acids is 2. The average molecular weight is 578 g/mol. The molecule has 0 radical (unpaired) electrons. The van der Waals surface area contributed by atoms with Crippen molar-refractivity contribution >= 4 is 39.9 Å². The molecule has 2 heterocycles. The lowest BCUT2D eigenvalue weighted by atomic mass is 10.0. The molecule has 0 bridgehead atoms. The zero-order valence-electron chi connectivity index (χ0n) is 21.8. The molecule has 0 spiro atoms. The molecule has 0 saturated heterocycles. The van der Waals surface area contributed by atoms with E-state index in [0.717, 1.165) is 20.8 Å². The number of nitrogens with zero attached hydrogens (tertiary/aromatic N) is 2. The summed E-state index contributed by atoms with van der Waals surface area (Å²) in [7, 11) is 0. The number of hydrogen-bond acceptors (Lipinski definition) is 6. The van der Waals surface area contributed by atoms with Crippen LogP contribution in [0, 0.1) is 5.82 Å². The highest BCUT2D eigenvalue weighted by Gasteiger charge is 2.19. The molecule has 1 aliphatic rings. The first-order chi connectivity index (χ1) is 19.7. The van der Waals surface area contributed by atoms with Gasteiger partial charge in [0.2, 0.25) is 12.7 Å². The van der Waals surface area contributed by atoms with Crippen molar-refractivity contribution in [1.29, 1.82) is 0 Å². The fraction of sp³-hybridized carbons (Fsp3) is 0.200. The van der Waals surface area contributed by atoms with E-state index in [4.69, 9.17) is 21.1 Å². The van der Waals surface area contributed by atoms with Crippen LogP contribution < -0.4 is 26.0 Å². The van der Waals surface area contributed by atoms with Crippen molar-refractivity contribution in [3.8, 4) is 11.5 Å². The molecular formula is C30H25ClFN3O6.